The summed E-state index contributed by atoms with van der Waals surface area (Å²) in [6, 6.07) is 14.5. The molecule has 5 nitrogen and oxygen atoms in total. The van der Waals surface area contributed by atoms with E-state index in [1.165, 1.54) is 17.7 Å². The van der Waals surface area contributed by atoms with E-state index >= 15 is 0 Å². The zero-order chi connectivity index (χ0) is 14.8. The summed E-state index contributed by atoms with van der Waals surface area (Å²) in [4.78, 5) is 14.6. The van der Waals surface area contributed by atoms with Crippen LogP contribution >= 0.6 is 0 Å². The Morgan fingerprint density at radius 2 is 1.71 bits per heavy atom. The molecule has 0 amide bonds. The van der Waals surface area contributed by atoms with Gasteiger partial charge in [-0.25, -0.2) is 4.98 Å². The highest BCUT2D eigenvalue weighted by Crippen LogP contribution is 2.22. The lowest BCUT2D eigenvalue weighted by Crippen LogP contribution is -1.89. The summed E-state index contributed by atoms with van der Waals surface area (Å²) in [6.45, 7) is 2.04. The van der Waals surface area contributed by atoms with Gasteiger partial charge in [-0.05, 0) is 31.2 Å². The molecule has 0 aliphatic heterocycles. The van der Waals surface area contributed by atoms with Crippen molar-refractivity contribution < 1.29 is 4.92 Å². The van der Waals surface area contributed by atoms with Crippen LogP contribution in [0.15, 0.2) is 61.1 Å². The number of hydrogen-bond acceptors (Lipinski definition) is 3. The normalized spacial score (nSPS) is 10.5. The molecule has 0 radical (unpaired) electrons. The van der Waals surface area contributed by atoms with Gasteiger partial charge in [0.05, 0.1) is 16.9 Å². The number of hydrogen-bond donors (Lipinski definition) is 0. The fraction of sp³-hybridized carbons (Fsp3) is 0.0625. The zero-order valence-electron chi connectivity index (χ0n) is 11.4. The molecule has 0 atom stereocenters. The number of rotatable bonds is 3. The molecule has 0 aliphatic carbocycles. The molecular weight excluding hydrogens is 266 g/mol. The van der Waals surface area contributed by atoms with Crippen LogP contribution < -0.4 is 0 Å². The highest BCUT2D eigenvalue weighted by molar-refractivity contribution is 5.60. The zero-order valence-corrected chi connectivity index (χ0v) is 11.4. The lowest BCUT2D eigenvalue weighted by Gasteiger charge is -2.01. The predicted molar refractivity (Wildman–Crippen MR) is 80.4 cm³/mol. The van der Waals surface area contributed by atoms with Gasteiger partial charge in [-0.2, -0.15) is 0 Å². The summed E-state index contributed by atoms with van der Waals surface area (Å²) in [5.41, 5.74) is 3.95. The topological polar surface area (TPSA) is 61.0 Å². The highest BCUT2D eigenvalue weighted by atomic mass is 16.6. The molecule has 104 valence electrons. The maximum absolute atomic E-state index is 10.7. The fourth-order valence-electron chi connectivity index (χ4n) is 2.08. The average Bonchev–Trinajstić information content (AvgIpc) is 2.98. The van der Waals surface area contributed by atoms with E-state index in [0.717, 1.165) is 16.9 Å². The van der Waals surface area contributed by atoms with Crippen LogP contribution in [0.1, 0.15) is 5.56 Å². The largest absolute Gasteiger partial charge is 0.306 e. The number of nitro benzene ring substituents is 1. The van der Waals surface area contributed by atoms with Gasteiger partial charge >= 0.3 is 0 Å². The Kier molecular flexibility index (Phi) is 3.23. The molecule has 0 aliphatic rings. The lowest BCUT2D eigenvalue weighted by atomic mass is 10.1. The molecule has 0 spiro atoms. The molecule has 3 aromatic rings. The predicted octanol–water partition coefficient (Wildman–Crippen LogP) is 3.76. The Morgan fingerprint density at radius 1 is 1.05 bits per heavy atom. The minimum atomic E-state index is -0.408. The Morgan fingerprint density at radius 3 is 2.33 bits per heavy atom. The third kappa shape index (κ3) is 2.67. The number of aromatic nitrogens is 2. The van der Waals surface area contributed by atoms with Crippen molar-refractivity contribution >= 4 is 5.69 Å². The van der Waals surface area contributed by atoms with E-state index in [0.29, 0.717) is 0 Å². The summed E-state index contributed by atoms with van der Waals surface area (Å²) in [5, 5.41) is 10.7. The maximum atomic E-state index is 10.7. The summed E-state index contributed by atoms with van der Waals surface area (Å²) in [5.74, 6) is 0. The Bertz CT molecular complexity index is 774. The van der Waals surface area contributed by atoms with Crippen LogP contribution in [-0.2, 0) is 0 Å². The second-order valence-corrected chi connectivity index (χ2v) is 4.81. The highest BCUT2D eigenvalue weighted by Gasteiger charge is 2.07. The summed E-state index contributed by atoms with van der Waals surface area (Å²) in [6.07, 6.45) is 3.65. The average molecular weight is 279 g/mol. The molecule has 0 saturated carbocycles. The standard InChI is InChI=1S/C16H13N3O2/c1-12-2-6-14(7-3-12)18-10-16(17-11-18)13-4-8-15(9-5-13)19(20)21/h2-11H,1H3. The van der Waals surface area contributed by atoms with Crippen molar-refractivity contribution in [1.82, 2.24) is 9.55 Å². The second-order valence-electron chi connectivity index (χ2n) is 4.81. The first kappa shape index (κ1) is 13.1. The SMILES string of the molecule is Cc1ccc(-n2cnc(-c3ccc([N+](=O)[O-])cc3)c2)cc1. The third-order valence-electron chi connectivity index (χ3n) is 3.29. The maximum Gasteiger partial charge on any atom is 0.269 e. The van der Waals surface area contributed by atoms with Crippen LogP contribution in [0.25, 0.3) is 16.9 Å². The van der Waals surface area contributed by atoms with E-state index < -0.39 is 4.92 Å². The van der Waals surface area contributed by atoms with Gasteiger partial charge in [-0.15, -0.1) is 0 Å². The molecule has 0 unspecified atom stereocenters. The van der Waals surface area contributed by atoms with Crippen LogP contribution in [0.5, 0.6) is 0 Å². The van der Waals surface area contributed by atoms with E-state index in [2.05, 4.69) is 4.98 Å². The smallest absolute Gasteiger partial charge is 0.269 e. The number of non-ortho nitro benzene ring substituents is 1. The Labute approximate surface area is 121 Å². The summed E-state index contributed by atoms with van der Waals surface area (Å²) < 4.78 is 1.93. The number of aryl methyl sites for hydroxylation is 1. The van der Waals surface area contributed by atoms with Crippen LogP contribution in [0.4, 0.5) is 5.69 Å². The van der Waals surface area contributed by atoms with Crippen LogP contribution in [0.3, 0.4) is 0 Å². The molecule has 2 aromatic carbocycles. The van der Waals surface area contributed by atoms with E-state index in [4.69, 9.17) is 0 Å². The first-order valence-corrected chi connectivity index (χ1v) is 6.49. The molecule has 1 aromatic heterocycles. The van der Waals surface area contributed by atoms with Gasteiger partial charge in [0.15, 0.2) is 0 Å². The van der Waals surface area contributed by atoms with E-state index in [1.54, 1.807) is 18.5 Å². The van der Waals surface area contributed by atoms with Gasteiger partial charge in [0.25, 0.3) is 5.69 Å². The van der Waals surface area contributed by atoms with Crippen molar-refractivity contribution in [2.45, 2.75) is 6.92 Å². The van der Waals surface area contributed by atoms with Crippen molar-refractivity contribution in [3.8, 4) is 16.9 Å². The van der Waals surface area contributed by atoms with Gasteiger partial charge in [0.1, 0.15) is 0 Å². The number of imidazole rings is 1. The Balaban J connectivity index is 1.90. The molecule has 0 N–H and O–H groups in total. The molecule has 1 heterocycles. The molecule has 5 heteroatoms. The number of nitrogens with zero attached hydrogens (tertiary/aromatic N) is 3. The van der Waals surface area contributed by atoms with Gasteiger partial charge < -0.3 is 4.57 Å². The Hall–Kier alpha value is -2.95. The summed E-state index contributed by atoms with van der Waals surface area (Å²) in [7, 11) is 0. The molecule has 0 saturated heterocycles. The van der Waals surface area contributed by atoms with Crippen molar-refractivity contribution in [3.05, 3.63) is 76.7 Å². The molecule has 0 fully saturated rings. The fourth-order valence-corrected chi connectivity index (χ4v) is 2.08. The lowest BCUT2D eigenvalue weighted by molar-refractivity contribution is -0.384. The molecular formula is C16H13N3O2. The number of benzene rings is 2. The summed E-state index contributed by atoms with van der Waals surface area (Å²) >= 11 is 0. The monoisotopic (exact) mass is 279 g/mol. The quantitative estimate of drug-likeness (QED) is 0.541. The minimum absolute atomic E-state index is 0.0803. The second kappa shape index (κ2) is 5.20. The van der Waals surface area contributed by atoms with Crippen molar-refractivity contribution in [3.63, 3.8) is 0 Å². The van der Waals surface area contributed by atoms with Gasteiger partial charge in [0, 0.05) is 29.6 Å². The van der Waals surface area contributed by atoms with E-state index in [-0.39, 0.29) is 5.69 Å². The molecule has 21 heavy (non-hydrogen) atoms. The van der Waals surface area contributed by atoms with Gasteiger partial charge in [-0.1, -0.05) is 17.7 Å². The van der Waals surface area contributed by atoms with E-state index in [9.17, 15) is 10.1 Å². The molecule has 0 bridgehead atoms. The van der Waals surface area contributed by atoms with Gasteiger partial charge in [-0.3, -0.25) is 10.1 Å². The van der Waals surface area contributed by atoms with Crippen molar-refractivity contribution in [2.24, 2.45) is 0 Å². The third-order valence-corrected chi connectivity index (χ3v) is 3.29. The van der Waals surface area contributed by atoms with E-state index in [1.807, 2.05) is 42.0 Å². The van der Waals surface area contributed by atoms with Crippen LogP contribution in [0.2, 0.25) is 0 Å². The minimum Gasteiger partial charge on any atom is -0.306 e. The van der Waals surface area contributed by atoms with Crippen molar-refractivity contribution in [2.75, 3.05) is 0 Å². The van der Waals surface area contributed by atoms with Crippen LogP contribution in [-0.4, -0.2) is 14.5 Å². The van der Waals surface area contributed by atoms with Crippen molar-refractivity contribution in [1.29, 1.82) is 0 Å². The first-order valence-electron chi connectivity index (χ1n) is 6.49. The molecule has 3 rings (SSSR count). The first-order chi connectivity index (χ1) is 10.1. The van der Waals surface area contributed by atoms with Crippen LogP contribution in [0, 0.1) is 17.0 Å². The van der Waals surface area contributed by atoms with Gasteiger partial charge in [0.2, 0.25) is 0 Å². The number of nitro groups is 1.